The Balaban J connectivity index is 1.32. The van der Waals surface area contributed by atoms with Crippen LogP contribution in [-0.2, 0) is 29.1 Å². The third-order valence-electron chi connectivity index (χ3n) is 11.4. The van der Waals surface area contributed by atoms with Crippen molar-refractivity contribution in [1.29, 1.82) is 0 Å². The minimum absolute atomic E-state index is 0.0143. The number of carbonyl (C=O) groups excluding carboxylic acids is 4. The fourth-order valence-electron chi connectivity index (χ4n) is 7.74. The van der Waals surface area contributed by atoms with Gasteiger partial charge in [-0.1, -0.05) is 26.0 Å². The van der Waals surface area contributed by atoms with Gasteiger partial charge in [0.1, 0.15) is 35.9 Å². The lowest BCUT2D eigenvalue weighted by Crippen LogP contribution is -2.59. The number of carboxylic acid groups (broad SMARTS) is 1. The molecule has 8 atom stereocenters. The fourth-order valence-corrected chi connectivity index (χ4v) is 9.05. The minimum Gasteiger partial charge on any atom is -0.486 e. The van der Waals surface area contributed by atoms with Crippen LogP contribution in [-0.4, -0.2) is 95.4 Å². The van der Waals surface area contributed by atoms with Crippen molar-refractivity contribution in [2.45, 2.75) is 121 Å². The van der Waals surface area contributed by atoms with Crippen LogP contribution >= 0.6 is 0 Å². The van der Waals surface area contributed by atoms with E-state index in [4.69, 9.17) is 14.2 Å². The lowest BCUT2D eigenvalue weighted by atomic mass is 9.88. The number of aromatic carboxylic acids is 1. The van der Waals surface area contributed by atoms with E-state index >= 15 is 0 Å². The molecule has 1 saturated heterocycles. The number of nitrogens with zero attached hydrogens (tertiary/aromatic N) is 1. The quantitative estimate of drug-likeness (QED) is 0.308. The Morgan fingerprint density at radius 1 is 1.09 bits per heavy atom. The van der Waals surface area contributed by atoms with Crippen LogP contribution in [0.15, 0.2) is 30.4 Å². The number of carboxylic acids is 1. The summed E-state index contributed by atoms with van der Waals surface area (Å²) in [5.74, 6) is -3.65. The highest BCUT2D eigenvalue weighted by Gasteiger charge is 2.63. The van der Waals surface area contributed by atoms with Gasteiger partial charge in [-0.25, -0.2) is 18.0 Å². The largest absolute Gasteiger partial charge is 0.486 e. The molecule has 3 fully saturated rings. The summed E-state index contributed by atoms with van der Waals surface area (Å²) in [6.07, 6.45) is 5.51. The molecule has 1 aromatic rings. The number of sulfonamides is 1. The van der Waals surface area contributed by atoms with E-state index in [1.165, 1.54) is 23.1 Å². The van der Waals surface area contributed by atoms with Crippen molar-refractivity contribution in [1.82, 2.24) is 20.3 Å². The molecule has 2 aliphatic carbocycles. The summed E-state index contributed by atoms with van der Waals surface area (Å²) in [6, 6.07) is 2.08. The van der Waals surface area contributed by atoms with E-state index in [1.807, 2.05) is 19.1 Å². The molecule has 2 saturated carbocycles. The smallest absolute Gasteiger partial charge is 0.408 e. The Kier molecular flexibility index (Phi) is 10.5. The van der Waals surface area contributed by atoms with Gasteiger partial charge in [-0.2, -0.15) is 0 Å². The van der Waals surface area contributed by atoms with Crippen LogP contribution < -0.4 is 24.8 Å². The lowest BCUT2D eigenvalue weighted by molar-refractivity contribution is -0.142. The van der Waals surface area contributed by atoms with Gasteiger partial charge in [0.05, 0.1) is 10.3 Å². The van der Waals surface area contributed by atoms with Gasteiger partial charge < -0.3 is 34.9 Å². The second kappa shape index (κ2) is 14.4. The van der Waals surface area contributed by atoms with E-state index < -0.39 is 85.7 Å². The van der Waals surface area contributed by atoms with Gasteiger partial charge in [0.15, 0.2) is 11.5 Å². The van der Waals surface area contributed by atoms with Gasteiger partial charge in [-0.05, 0) is 103 Å². The minimum atomic E-state index is -4.01. The number of hydrogen-bond donors (Lipinski definition) is 4. The maximum absolute atomic E-state index is 14.7. The number of amides is 4. The molecule has 5 aliphatic rings. The summed E-state index contributed by atoms with van der Waals surface area (Å²) in [5, 5.41) is 15.1. The molecule has 0 spiro atoms. The number of nitrogens with one attached hydrogen (secondary N) is 3. The first-order chi connectivity index (χ1) is 25.2. The van der Waals surface area contributed by atoms with Gasteiger partial charge in [-0.3, -0.25) is 19.1 Å². The monoisotopic (exact) mass is 772 g/mol. The Bertz CT molecular complexity index is 1840. The zero-order chi connectivity index (χ0) is 39.4. The highest BCUT2D eigenvalue weighted by atomic mass is 32.2. The van der Waals surface area contributed by atoms with Gasteiger partial charge in [0.25, 0.3) is 5.91 Å². The van der Waals surface area contributed by atoms with Crippen LogP contribution in [0, 0.1) is 23.7 Å². The molecule has 4 amide bonds. The lowest BCUT2D eigenvalue weighted by Gasteiger charge is -2.34. The average molecular weight is 773 g/mol. The fraction of sp³-hybridized carbons (Fsp3) is 0.658. The van der Waals surface area contributed by atoms with E-state index in [0.717, 1.165) is 6.42 Å². The van der Waals surface area contributed by atoms with Crippen LogP contribution in [0.1, 0.15) is 96.8 Å². The van der Waals surface area contributed by atoms with Gasteiger partial charge >= 0.3 is 12.1 Å². The van der Waals surface area contributed by atoms with E-state index in [2.05, 4.69) is 22.3 Å². The van der Waals surface area contributed by atoms with E-state index in [0.29, 0.717) is 31.4 Å². The predicted octanol–water partition coefficient (Wildman–Crippen LogP) is 3.52. The van der Waals surface area contributed by atoms with Crippen LogP contribution in [0.2, 0.25) is 0 Å². The SMILES string of the molecule is C[C@@H]1CC/C=C\[C@@H]2C[C@@]2(C(=O)NS(=O)(=O)C2(C)CC2)NC(=O)[C@@H]2C[C@@H](C3COc4cc(C(=O)O)ccc4O3)CN2C(=O)[C@@H](NC(=O)OC(C)(C)C)[C@H](C)C1. The number of allylic oxidation sites excluding steroid dienone is 1. The number of ether oxygens (including phenoxy) is 3. The van der Waals surface area contributed by atoms with Crippen LogP contribution in [0.25, 0.3) is 0 Å². The van der Waals surface area contributed by atoms with E-state index in [-0.39, 0.29) is 49.1 Å². The highest BCUT2D eigenvalue weighted by molar-refractivity contribution is 7.91. The van der Waals surface area contributed by atoms with Crippen LogP contribution in [0.3, 0.4) is 0 Å². The number of rotatable bonds is 6. The van der Waals surface area contributed by atoms with Crippen LogP contribution in [0.4, 0.5) is 4.79 Å². The second-order valence-corrected chi connectivity index (χ2v) is 19.2. The first kappa shape index (κ1) is 39.4. The predicted molar refractivity (Wildman–Crippen MR) is 195 cm³/mol. The number of alkyl carbamates (subject to hydrolysis) is 1. The maximum atomic E-state index is 14.7. The normalized spacial score (nSPS) is 32.7. The van der Waals surface area contributed by atoms with E-state index in [9.17, 15) is 37.5 Å². The number of hydrogen-bond acceptors (Lipinski definition) is 10. The first-order valence-electron chi connectivity index (χ1n) is 18.7. The third kappa shape index (κ3) is 8.18. The summed E-state index contributed by atoms with van der Waals surface area (Å²) < 4.78 is 45.3. The Labute approximate surface area is 316 Å². The molecule has 0 aromatic heterocycles. The summed E-state index contributed by atoms with van der Waals surface area (Å²) in [7, 11) is -4.01. The Morgan fingerprint density at radius 3 is 2.48 bits per heavy atom. The molecule has 1 aromatic carbocycles. The summed E-state index contributed by atoms with van der Waals surface area (Å²) in [4.78, 5) is 69.2. The topological polar surface area (TPSA) is 207 Å². The molecule has 0 bridgehead atoms. The molecule has 1 unspecified atom stereocenters. The van der Waals surface area contributed by atoms with Gasteiger partial charge in [0, 0.05) is 18.4 Å². The van der Waals surface area contributed by atoms with Crippen molar-refractivity contribution in [2.24, 2.45) is 23.7 Å². The molecule has 6 rings (SSSR count). The molecule has 4 N–H and O–H groups in total. The maximum Gasteiger partial charge on any atom is 0.408 e. The molecule has 3 aliphatic heterocycles. The summed E-state index contributed by atoms with van der Waals surface area (Å²) in [5.41, 5.74) is -2.35. The number of carbonyl (C=O) groups is 5. The molecule has 3 heterocycles. The molecule has 16 heteroatoms. The van der Waals surface area contributed by atoms with Crippen molar-refractivity contribution >= 4 is 39.8 Å². The zero-order valence-electron chi connectivity index (χ0n) is 31.7. The number of fused-ring (bicyclic) bond motifs is 3. The standard InChI is InChI=1S/C38H52N4O11S/c1-21-9-7-8-10-25-18-38(25,34(47)41-54(49,50)37(6)13-14-37)40-31(43)26-16-24(29-20-51-28-17-23(33(45)46)11-12-27(28)52-29)19-42(26)32(44)30(22(2)15-21)39-35(48)53-36(3,4)5/h8,10-12,17,21-22,24-26,29-30H,7,9,13-16,18-20H2,1-6H3,(H,39,48)(H,40,43)(H,41,47)(H,45,46)/b10-8-/t21-,22-,24-,25-,26+,29?,30+,38-/m1/s1. The van der Waals surface area contributed by atoms with Crippen LogP contribution in [0.5, 0.6) is 11.5 Å². The van der Waals surface area contributed by atoms with Gasteiger partial charge in [-0.15, -0.1) is 0 Å². The Hall–Kier alpha value is -4.34. The molecule has 54 heavy (non-hydrogen) atoms. The molecule has 0 radical (unpaired) electrons. The van der Waals surface area contributed by atoms with Crippen molar-refractivity contribution < 1.29 is 51.7 Å². The van der Waals surface area contributed by atoms with Crippen molar-refractivity contribution in [3.05, 3.63) is 35.9 Å². The first-order valence-corrected chi connectivity index (χ1v) is 20.2. The summed E-state index contributed by atoms with van der Waals surface area (Å²) >= 11 is 0. The third-order valence-corrected chi connectivity index (χ3v) is 13.5. The second-order valence-electron chi connectivity index (χ2n) is 17.0. The number of benzene rings is 1. The molecule has 15 nitrogen and oxygen atoms in total. The van der Waals surface area contributed by atoms with Gasteiger partial charge in [0.2, 0.25) is 21.8 Å². The van der Waals surface area contributed by atoms with E-state index in [1.54, 1.807) is 27.7 Å². The van der Waals surface area contributed by atoms with Crippen molar-refractivity contribution in [3.8, 4) is 11.5 Å². The summed E-state index contributed by atoms with van der Waals surface area (Å²) in [6.45, 7) is 10.7. The Morgan fingerprint density at radius 2 is 1.81 bits per heavy atom. The average Bonchev–Trinajstić information content (AvgIpc) is 3.96. The van der Waals surface area contributed by atoms with Crippen molar-refractivity contribution in [2.75, 3.05) is 13.2 Å². The molecule has 296 valence electrons. The highest BCUT2D eigenvalue weighted by Crippen LogP contribution is 2.48. The molecular formula is C38H52N4O11S. The molecular weight excluding hydrogens is 721 g/mol. The zero-order valence-corrected chi connectivity index (χ0v) is 32.5. The van der Waals surface area contributed by atoms with Crippen molar-refractivity contribution in [3.63, 3.8) is 0 Å².